The maximum Gasteiger partial charge on any atom is 0.249 e. The Balaban J connectivity index is 1.55. The lowest BCUT2D eigenvalue weighted by Gasteiger charge is -2.31. The number of thiophene rings is 1. The monoisotopic (exact) mass is 499 g/mol. The predicted molar refractivity (Wildman–Crippen MR) is 139 cm³/mol. The average Bonchev–Trinajstić information content (AvgIpc) is 3.63. The van der Waals surface area contributed by atoms with Crippen molar-refractivity contribution >= 4 is 39.9 Å². The minimum Gasteiger partial charge on any atom is -0.467 e. The molecule has 0 saturated carbocycles. The highest BCUT2D eigenvalue weighted by molar-refractivity contribution is 7.10. The van der Waals surface area contributed by atoms with Crippen LogP contribution in [0.25, 0.3) is 11.0 Å². The van der Waals surface area contributed by atoms with E-state index in [0.717, 1.165) is 21.5 Å². The molecule has 0 spiro atoms. The number of para-hydroxylation sites is 1. The topological polar surface area (TPSA) is 93.3 Å². The van der Waals surface area contributed by atoms with Crippen LogP contribution in [0.15, 0.2) is 82.8 Å². The number of nitrogens with zero attached hydrogens (tertiary/aromatic N) is 4. The van der Waals surface area contributed by atoms with Gasteiger partial charge in [0, 0.05) is 10.6 Å². The van der Waals surface area contributed by atoms with Crippen molar-refractivity contribution in [3.8, 4) is 0 Å². The number of carbonyl (C=O) groups is 2. The number of hydrogen-bond acceptors (Lipinski definition) is 6. The van der Waals surface area contributed by atoms with E-state index in [1.807, 2.05) is 73.8 Å². The van der Waals surface area contributed by atoms with Gasteiger partial charge in [-0.15, -0.1) is 16.4 Å². The molecule has 3 aromatic heterocycles. The molecule has 36 heavy (non-hydrogen) atoms. The largest absolute Gasteiger partial charge is 0.467 e. The number of carbonyl (C=O) groups excluding carboxylic acids is 2. The predicted octanol–water partition coefficient (Wildman–Crippen LogP) is 4.79. The van der Waals surface area contributed by atoms with Crippen LogP contribution in [0.4, 0.5) is 5.69 Å². The number of anilines is 1. The minimum atomic E-state index is -0.872. The molecule has 3 heterocycles. The molecular formula is C27H25N5O3S. The summed E-state index contributed by atoms with van der Waals surface area (Å²) in [4.78, 5) is 30.0. The van der Waals surface area contributed by atoms with Crippen LogP contribution in [0, 0.1) is 13.8 Å². The third-order valence-electron chi connectivity index (χ3n) is 5.79. The van der Waals surface area contributed by atoms with Gasteiger partial charge in [-0.1, -0.05) is 29.5 Å². The summed E-state index contributed by atoms with van der Waals surface area (Å²) in [5, 5.41) is 13.2. The van der Waals surface area contributed by atoms with E-state index in [1.54, 1.807) is 28.0 Å². The Bertz CT molecular complexity index is 1470. The van der Waals surface area contributed by atoms with Gasteiger partial charge in [-0.25, -0.2) is 4.68 Å². The van der Waals surface area contributed by atoms with Crippen LogP contribution in [0.5, 0.6) is 0 Å². The highest BCUT2D eigenvalue weighted by Gasteiger charge is 2.34. The van der Waals surface area contributed by atoms with Gasteiger partial charge < -0.3 is 9.73 Å². The minimum absolute atomic E-state index is 0.0686. The number of amides is 2. The van der Waals surface area contributed by atoms with Crippen molar-refractivity contribution in [2.24, 2.45) is 0 Å². The first-order valence-electron chi connectivity index (χ1n) is 11.5. The second kappa shape index (κ2) is 10.2. The molecule has 1 atom stereocenters. The Hall–Kier alpha value is -4.24. The van der Waals surface area contributed by atoms with Crippen LogP contribution >= 0.6 is 11.3 Å². The maximum atomic E-state index is 14.0. The number of rotatable bonds is 8. The van der Waals surface area contributed by atoms with Gasteiger partial charge in [0.05, 0.1) is 18.3 Å². The Kier molecular flexibility index (Phi) is 6.64. The van der Waals surface area contributed by atoms with E-state index in [1.165, 1.54) is 11.3 Å². The van der Waals surface area contributed by atoms with Gasteiger partial charge in [0.2, 0.25) is 11.8 Å². The molecule has 5 aromatic rings. The number of fused-ring (bicyclic) bond motifs is 1. The van der Waals surface area contributed by atoms with E-state index in [4.69, 9.17) is 4.42 Å². The first-order chi connectivity index (χ1) is 17.5. The van der Waals surface area contributed by atoms with Crippen LogP contribution in [-0.4, -0.2) is 26.8 Å². The molecule has 0 aliphatic carbocycles. The number of nitrogens with one attached hydrogen (secondary N) is 1. The van der Waals surface area contributed by atoms with Crippen LogP contribution in [0.1, 0.15) is 27.8 Å². The molecule has 2 amide bonds. The van der Waals surface area contributed by atoms with E-state index in [9.17, 15) is 9.59 Å². The second-order valence-corrected chi connectivity index (χ2v) is 9.54. The lowest BCUT2D eigenvalue weighted by molar-refractivity contribution is -0.127. The van der Waals surface area contributed by atoms with E-state index >= 15 is 0 Å². The summed E-state index contributed by atoms with van der Waals surface area (Å²) >= 11 is 1.43. The lowest BCUT2D eigenvalue weighted by atomic mass is 10.1. The van der Waals surface area contributed by atoms with Crippen molar-refractivity contribution < 1.29 is 14.0 Å². The van der Waals surface area contributed by atoms with Gasteiger partial charge in [-0.2, -0.15) is 0 Å². The fourth-order valence-corrected chi connectivity index (χ4v) is 5.08. The molecule has 182 valence electrons. The molecule has 0 saturated heterocycles. The fraction of sp³-hybridized carbons (Fsp3) is 0.185. The number of benzene rings is 2. The van der Waals surface area contributed by atoms with Gasteiger partial charge in [0.15, 0.2) is 0 Å². The van der Waals surface area contributed by atoms with Crippen LogP contribution in [0.3, 0.4) is 0 Å². The van der Waals surface area contributed by atoms with Crippen molar-refractivity contribution in [3.05, 3.63) is 100 Å². The molecule has 0 fully saturated rings. The molecular weight excluding hydrogens is 474 g/mol. The van der Waals surface area contributed by atoms with E-state index < -0.39 is 6.04 Å². The Morgan fingerprint density at radius 3 is 2.58 bits per heavy atom. The Morgan fingerprint density at radius 2 is 1.86 bits per heavy atom. The quantitative estimate of drug-likeness (QED) is 0.331. The van der Waals surface area contributed by atoms with Crippen molar-refractivity contribution in [2.45, 2.75) is 33.0 Å². The Morgan fingerprint density at radius 1 is 1.06 bits per heavy atom. The normalized spacial score (nSPS) is 11.9. The summed E-state index contributed by atoms with van der Waals surface area (Å²) < 4.78 is 6.95. The molecule has 0 radical (unpaired) electrons. The van der Waals surface area contributed by atoms with Crippen molar-refractivity contribution in [1.29, 1.82) is 0 Å². The van der Waals surface area contributed by atoms with E-state index in [2.05, 4.69) is 15.6 Å². The molecule has 1 N–H and O–H groups in total. The zero-order valence-corrected chi connectivity index (χ0v) is 20.7. The molecule has 2 aromatic carbocycles. The van der Waals surface area contributed by atoms with Crippen molar-refractivity contribution in [1.82, 2.24) is 20.3 Å². The lowest BCUT2D eigenvalue weighted by Crippen LogP contribution is -2.45. The highest BCUT2D eigenvalue weighted by atomic mass is 32.1. The third-order valence-corrected chi connectivity index (χ3v) is 6.72. The number of aryl methyl sites for hydroxylation is 2. The molecule has 8 nitrogen and oxygen atoms in total. The third kappa shape index (κ3) is 4.92. The molecule has 0 aliphatic rings. The van der Waals surface area contributed by atoms with Crippen molar-refractivity contribution in [2.75, 3.05) is 4.90 Å². The van der Waals surface area contributed by atoms with Gasteiger partial charge in [-0.05, 0) is 72.8 Å². The highest BCUT2D eigenvalue weighted by Crippen LogP contribution is 2.32. The molecule has 0 aliphatic heterocycles. The van der Waals surface area contributed by atoms with Crippen molar-refractivity contribution in [3.63, 3.8) is 0 Å². The summed E-state index contributed by atoms with van der Waals surface area (Å²) in [7, 11) is 0. The SMILES string of the molecule is Cc1cc(C)cc(N(C(=O)Cn2nnc3ccccc32)[C@@H](C(=O)NCc2ccco2)c2cccs2)c1. The van der Waals surface area contributed by atoms with Crippen LogP contribution in [-0.2, 0) is 22.7 Å². The fourth-order valence-electron chi connectivity index (χ4n) is 4.27. The smallest absolute Gasteiger partial charge is 0.249 e. The number of aromatic nitrogens is 3. The summed E-state index contributed by atoms with van der Waals surface area (Å²) in [6.45, 7) is 4.10. The zero-order valence-electron chi connectivity index (χ0n) is 19.9. The van der Waals surface area contributed by atoms with Crippen LogP contribution < -0.4 is 10.2 Å². The van der Waals surface area contributed by atoms with E-state index in [-0.39, 0.29) is 24.9 Å². The average molecular weight is 500 g/mol. The second-order valence-electron chi connectivity index (χ2n) is 8.56. The number of hydrogen-bond donors (Lipinski definition) is 1. The summed E-state index contributed by atoms with van der Waals surface area (Å²) in [5.41, 5.74) is 4.09. The molecule has 5 rings (SSSR count). The molecule has 0 bridgehead atoms. The molecule has 0 unspecified atom stereocenters. The van der Waals surface area contributed by atoms with Gasteiger partial charge in [0.1, 0.15) is 23.9 Å². The van der Waals surface area contributed by atoms with Gasteiger partial charge >= 0.3 is 0 Å². The summed E-state index contributed by atoms with van der Waals surface area (Å²) in [6.07, 6.45) is 1.56. The van der Waals surface area contributed by atoms with Gasteiger partial charge in [0.25, 0.3) is 0 Å². The van der Waals surface area contributed by atoms with E-state index in [0.29, 0.717) is 17.0 Å². The van der Waals surface area contributed by atoms with Crippen LogP contribution in [0.2, 0.25) is 0 Å². The van der Waals surface area contributed by atoms with Gasteiger partial charge in [-0.3, -0.25) is 14.5 Å². The molecule has 9 heteroatoms. The first-order valence-corrected chi connectivity index (χ1v) is 12.4. The standard InChI is InChI=1S/C27H25N5O3S/c1-18-13-19(2)15-20(14-18)32(25(33)17-31-23-9-4-3-8-22(23)29-30-31)26(24-10-6-12-36-24)27(34)28-16-21-7-5-11-35-21/h3-15,26H,16-17H2,1-2H3,(H,28,34)/t26-/m1/s1. The first kappa shape index (κ1) is 23.5. The Labute approximate surface area is 212 Å². The summed E-state index contributed by atoms with van der Waals surface area (Å²) in [6, 6.07) is 19.8. The zero-order chi connectivity index (χ0) is 25.1. The summed E-state index contributed by atoms with van der Waals surface area (Å²) in [5.74, 6) is 0.0543. The number of furan rings is 1. The maximum absolute atomic E-state index is 14.0.